The number of aliphatic hydroxyl groups is 1. The number of hydrogen-bond acceptors (Lipinski definition) is 2. The minimum Gasteiger partial charge on any atom is -0.372 e. The molecule has 1 unspecified atom stereocenters. The van der Waals surface area contributed by atoms with Gasteiger partial charge in [0.1, 0.15) is 6.07 Å². The highest BCUT2D eigenvalue weighted by atomic mass is 16.3. The molecule has 1 aliphatic rings. The monoisotopic (exact) mass is 177 g/mol. The van der Waals surface area contributed by atoms with Crippen LogP contribution in [-0.4, -0.2) is 10.7 Å². The van der Waals surface area contributed by atoms with Gasteiger partial charge in [0.25, 0.3) is 0 Å². The van der Waals surface area contributed by atoms with Crippen molar-refractivity contribution in [2.75, 3.05) is 0 Å². The van der Waals surface area contributed by atoms with Crippen LogP contribution < -0.4 is 0 Å². The van der Waals surface area contributed by atoms with Crippen LogP contribution in [0.25, 0.3) is 0 Å². The summed E-state index contributed by atoms with van der Waals surface area (Å²) in [4.78, 5) is 0. The molecule has 0 fully saturated rings. The number of allylic oxidation sites excluding steroid dienone is 2. The average Bonchev–Trinajstić information content (AvgIpc) is 2.09. The zero-order valence-electron chi connectivity index (χ0n) is 8.17. The second kappa shape index (κ2) is 3.35. The predicted molar refractivity (Wildman–Crippen MR) is 51.9 cm³/mol. The minimum absolute atomic E-state index is 0.244. The van der Waals surface area contributed by atoms with Gasteiger partial charge in [-0.25, -0.2) is 0 Å². The SMILES string of the molecule is C=C(C)[C@@H]1CC=C(C)C(O)(C#N)C1. The molecule has 2 atom stereocenters. The second-order valence-corrected chi connectivity index (χ2v) is 3.84. The standard InChI is InChI=1S/C11H15NO/c1-8(2)10-5-4-9(3)11(13,6-10)7-12/h4,10,13H,1,5-6H2,2-3H3/t10-,11?/m1/s1. The zero-order chi connectivity index (χ0) is 10.1. The Bertz CT molecular complexity index is 298. The Balaban J connectivity index is 2.91. The van der Waals surface area contributed by atoms with E-state index in [0.29, 0.717) is 6.42 Å². The predicted octanol–water partition coefficient (Wildman–Crippen LogP) is 2.17. The summed E-state index contributed by atoms with van der Waals surface area (Å²) < 4.78 is 0. The third-order valence-corrected chi connectivity index (χ3v) is 2.78. The molecule has 2 heteroatoms. The third kappa shape index (κ3) is 1.81. The summed E-state index contributed by atoms with van der Waals surface area (Å²) in [6, 6.07) is 1.96. The molecule has 0 bridgehead atoms. The van der Waals surface area contributed by atoms with Crippen LogP contribution in [0.1, 0.15) is 26.7 Å². The van der Waals surface area contributed by atoms with E-state index in [1.807, 2.05) is 19.1 Å². The van der Waals surface area contributed by atoms with Crippen LogP contribution in [0.15, 0.2) is 23.8 Å². The van der Waals surface area contributed by atoms with Crippen LogP contribution in [0.2, 0.25) is 0 Å². The van der Waals surface area contributed by atoms with Crippen LogP contribution in [0.3, 0.4) is 0 Å². The lowest BCUT2D eigenvalue weighted by molar-refractivity contribution is 0.105. The highest BCUT2D eigenvalue weighted by molar-refractivity contribution is 5.29. The van der Waals surface area contributed by atoms with E-state index in [1.165, 1.54) is 0 Å². The lowest BCUT2D eigenvalue weighted by Crippen LogP contribution is -2.34. The van der Waals surface area contributed by atoms with Gasteiger partial charge in [-0.2, -0.15) is 5.26 Å². The largest absolute Gasteiger partial charge is 0.372 e. The first-order valence-corrected chi connectivity index (χ1v) is 4.46. The number of nitrogens with zero attached hydrogens (tertiary/aromatic N) is 1. The van der Waals surface area contributed by atoms with Crippen molar-refractivity contribution in [1.29, 1.82) is 5.26 Å². The van der Waals surface area contributed by atoms with Crippen molar-refractivity contribution < 1.29 is 5.11 Å². The van der Waals surface area contributed by atoms with E-state index in [1.54, 1.807) is 6.92 Å². The van der Waals surface area contributed by atoms with E-state index in [2.05, 4.69) is 6.58 Å². The quantitative estimate of drug-likeness (QED) is 0.492. The van der Waals surface area contributed by atoms with Crippen molar-refractivity contribution in [2.45, 2.75) is 32.3 Å². The summed E-state index contributed by atoms with van der Waals surface area (Å²) >= 11 is 0. The Hall–Kier alpha value is -1.07. The van der Waals surface area contributed by atoms with Crippen molar-refractivity contribution in [3.63, 3.8) is 0 Å². The average molecular weight is 177 g/mol. The molecular weight excluding hydrogens is 162 g/mol. The molecule has 1 aliphatic carbocycles. The lowest BCUT2D eigenvalue weighted by Gasteiger charge is -2.31. The molecule has 0 saturated carbocycles. The Morgan fingerprint density at radius 1 is 1.85 bits per heavy atom. The van der Waals surface area contributed by atoms with E-state index in [-0.39, 0.29) is 5.92 Å². The van der Waals surface area contributed by atoms with Gasteiger partial charge < -0.3 is 5.11 Å². The van der Waals surface area contributed by atoms with Crippen molar-refractivity contribution in [1.82, 2.24) is 0 Å². The van der Waals surface area contributed by atoms with E-state index < -0.39 is 5.60 Å². The van der Waals surface area contributed by atoms with Crippen molar-refractivity contribution in [3.05, 3.63) is 23.8 Å². The number of hydrogen-bond donors (Lipinski definition) is 1. The maximum atomic E-state index is 9.90. The summed E-state index contributed by atoms with van der Waals surface area (Å²) in [5, 5.41) is 18.7. The molecule has 2 nitrogen and oxygen atoms in total. The van der Waals surface area contributed by atoms with Gasteiger partial charge in [0.15, 0.2) is 5.60 Å². The van der Waals surface area contributed by atoms with Crippen LogP contribution >= 0.6 is 0 Å². The van der Waals surface area contributed by atoms with E-state index in [9.17, 15) is 5.11 Å². The molecule has 0 spiro atoms. The lowest BCUT2D eigenvalue weighted by atomic mass is 9.76. The Morgan fingerprint density at radius 3 is 2.92 bits per heavy atom. The highest BCUT2D eigenvalue weighted by Gasteiger charge is 2.35. The molecule has 1 rings (SSSR count). The van der Waals surface area contributed by atoms with Crippen molar-refractivity contribution in [2.24, 2.45) is 5.92 Å². The van der Waals surface area contributed by atoms with E-state index in [4.69, 9.17) is 5.26 Å². The van der Waals surface area contributed by atoms with Gasteiger partial charge in [-0.05, 0) is 31.8 Å². The van der Waals surface area contributed by atoms with Gasteiger partial charge in [0, 0.05) is 6.42 Å². The van der Waals surface area contributed by atoms with Crippen LogP contribution in [0.5, 0.6) is 0 Å². The van der Waals surface area contributed by atoms with Crippen LogP contribution in [0.4, 0.5) is 0 Å². The molecule has 0 amide bonds. The summed E-state index contributed by atoms with van der Waals surface area (Å²) in [5.41, 5.74) is 0.548. The van der Waals surface area contributed by atoms with Gasteiger partial charge in [0.05, 0.1) is 0 Å². The summed E-state index contributed by atoms with van der Waals surface area (Å²) in [7, 11) is 0. The first kappa shape index (κ1) is 10.0. The Labute approximate surface area is 79.2 Å². The smallest absolute Gasteiger partial charge is 0.172 e. The maximum Gasteiger partial charge on any atom is 0.172 e. The van der Waals surface area contributed by atoms with Gasteiger partial charge in [0.2, 0.25) is 0 Å². The maximum absolute atomic E-state index is 9.90. The van der Waals surface area contributed by atoms with Crippen LogP contribution in [-0.2, 0) is 0 Å². The van der Waals surface area contributed by atoms with Crippen molar-refractivity contribution in [3.8, 4) is 6.07 Å². The van der Waals surface area contributed by atoms with Crippen molar-refractivity contribution >= 4 is 0 Å². The first-order chi connectivity index (χ1) is 5.99. The Morgan fingerprint density at radius 2 is 2.46 bits per heavy atom. The van der Waals surface area contributed by atoms with E-state index >= 15 is 0 Å². The molecule has 0 aromatic heterocycles. The zero-order valence-corrected chi connectivity index (χ0v) is 8.17. The summed E-state index contributed by atoms with van der Waals surface area (Å²) in [6.45, 7) is 7.60. The molecule has 0 aromatic carbocycles. The minimum atomic E-state index is -1.26. The fourth-order valence-corrected chi connectivity index (χ4v) is 1.60. The molecule has 13 heavy (non-hydrogen) atoms. The fraction of sp³-hybridized carbons (Fsp3) is 0.545. The highest BCUT2D eigenvalue weighted by Crippen LogP contribution is 2.35. The fourth-order valence-electron chi connectivity index (χ4n) is 1.60. The molecule has 70 valence electrons. The Kier molecular flexibility index (Phi) is 2.58. The first-order valence-electron chi connectivity index (χ1n) is 4.46. The van der Waals surface area contributed by atoms with E-state index in [0.717, 1.165) is 17.6 Å². The summed E-state index contributed by atoms with van der Waals surface area (Å²) in [6.07, 6.45) is 3.32. The summed E-state index contributed by atoms with van der Waals surface area (Å²) in [5.74, 6) is 0.244. The van der Waals surface area contributed by atoms with Gasteiger partial charge in [-0.1, -0.05) is 18.2 Å². The number of rotatable bonds is 1. The normalized spacial score (nSPS) is 33.4. The molecule has 0 aromatic rings. The molecule has 0 saturated heterocycles. The van der Waals surface area contributed by atoms with Gasteiger partial charge in [-0.3, -0.25) is 0 Å². The second-order valence-electron chi connectivity index (χ2n) is 3.84. The molecule has 0 radical (unpaired) electrons. The van der Waals surface area contributed by atoms with Crippen LogP contribution in [0, 0.1) is 17.2 Å². The third-order valence-electron chi connectivity index (χ3n) is 2.78. The number of nitriles is 1. The molecule has 0 aliphatic heterocycles. The van der Waals surface area contributed by atoms with Gasteiger partial charge >= 0.3 is 0 Å². The van der Waals surface area contributed by atoms with Gasteiger partial charge in [-0.15, -0.1) is 0 Å². The molecular formula is C11H15NO. The molecule has 0 heterocycles. The molecule has 1 N–H and O–H groups in total. The topological polar surface area (TPSA) is 44.0 Å².